The molecule has 0 radical (unpaired) electrons. The topological polar surface area (TPSA) is 71.2 Å². The van der Waals surface area contributed by atoms with Gasteiger partial charge in [-0.05, 0) is 50.5 Å². The zero-order valence-corrected chi connectivity index (χ0v) is 15.1. The Kier molecular flexibility index (Phi) is 4.41. The summed E-state index contributed by atoms with van der Waals surface area (Å²) in [6.07, 6.45) is 3.05. The van der Waals surface area contributed by atoms with Crippen LogP contribution in [0.2, 0.25) is 0 Å². The first-order valence-electron chi connectivity index (χ1n) is 8.61. The van der Waals surface area contributed by atoms with Crippen molar-refractivity contribution in [1.29, 1.82) is 0 Å². The first kappa shape index (κ1) is 17.3. The maximum absolute atomic E-state index is 12.5. The van der Waals surface area contributed by atoms with Crippen LogP contribution in [-0.4, -0.2) is 16.5 Å². The van der Waals surface area contributed by atoms with Gasteiger partial charge >= 0.3 is 0 Å². The number of hydrogen-bond donors (Lipinski definition) is 2. The van der Waals surface area contributed by atoms with E-state index in [1.807, 2.05) is 19.1 Å². The third-order valence-electron chi connectivity index (χ3n) is 4.50. The molecule has 0 bridgehead atoms. The molecular weight excluding hydrogens is 316 g/mol. The van der Waals surface area contributed by atoms with E-state index in [4.69, 9.17) is 4.74 Å². The fraction of sp³-hybridized carbons (Fsp3) is 0.400. The van der Waals surface area contributed by atoms with Crippen LogP contribution >= 0.6 is 0 Å². The van der Waals surface area contributed by atoms with Crippen molar-refractivity contribution in [3.05, 3.63) is 63.1 Å². The molecule has 0 saturated carbocycles. The van der Waals surface area contributed by atoms with E-state index in [1.165, 1.54) is 12.3 Å². The van der Waals surface area contributed by atoms with Crippen molar-refractivity contribution in [2.24, 2.45) is 0 Å². The molecule has 1 aromatic heterocycles. The van der Waals surface area contributed by atoms with Crippen molar-refractivity contribution in [3.8, 4) is 5.75 Å². The third-order valence-corrected chi connectivity index (χ3v) is 4.50. The van der Waals surface area contributed by atoms with Crippen LogP contribution in [0, 0.1) is 6.92 Å². The zero-order chi connectivity index (χ0) is 18.2. The molecule has 2 N–H and O–H groups in total. The van der Waals surface area contributed by atoms with E-state index in [0.29, 0.717) is 0 Å². The number of benzene rings is 1. The molecule has 2 heterocycles. The molecule has 132 valence electrons. The average Bonchev–Trinajstić information content (AvgIpc) is 2.85. The summed E-state index contributed by atoms with van der Waals surface area (Å²) in [5, 5.41) is 2.97. The summed E-state index contributed by atoms with van der Waals surface area (Å²) in [6.45, 7) is 7.93. The summed E-state index contributed by atoms with van der Waals surface area (Å²) in [6, 6.07) is 7.33. The summed E-state index contributed by atoms with van der Waals surface area (Å²) < 4.78 is 5.91. The van der Waals surface area contributed by atoms with E-state index < -0.39 is 0 Å². The first-order chi connectivity index (χ1) is 11.8. The molecule has 1 unspecified atom stereocenters. The van der Waals surface area contributed by atoms with Crippen LogP contribution in [0.15, 0.2) is 35.3 Å². The van der Waals surface area contributed by atoms with Crippen LogP contribution in [0.25, 0.3) is 0 Å². The number of H-pyrrole nitrogens is 1. The lowest BCUT2D eigenvalue weighted by Gasteiger charge is -2.18. The number of hydrogen-bond acceptors (Lipinski definition) is 3. The predicted molar refractivity (Wildman–Crippen MR) is 97.2 cm³/mol. The Bertz CT molecular complexity index is 867. The number of fused-ring (bicyclic) bond motifs is 1. The zero-order valence-electron chi connectivity index (χ0n) is 15.1. The third kappa shape index (κ3) is 3.60. The number of aromatic nitrogens is 1. The van der Waals surface area contributed by atoms with Crippen molar-refractivity contribution in [1.82, 2.24) is 10.3 Å². The molecule has 1 amide bonds. The smallest absolute Gasteiger partial charge is 0.257 e. The molecule has 0 aliphatic carbocycles. The van der Waals surface area contributed by atoms with Gasteiger partial charge in [-0.25, -0.2) is 0 Å². The molecule has 25 heavy (non-hydrogen) atoms. The summed E-state index contributed by atoms with van der Waals surface area (Å²) in [5.41, 5.74) is 2.58. The van der Waals surface area contributed by atoms with Gasteiger partial charge in [0, 0.05) is 24.4 Å². The molecule has 1 aromatic carbocycles. The van der Waals surface area contributed by atoms with E-state index in [0.717, 1.165) is 35.4 Å². The van der Waals surface area contributed by atoms with E-state index in [1.54, 1.807) is 6.92 Å². The number of carbonyl (C=O) groups is 1. The molecule has 0 spiro atoms. The lowest BCUT2D eigenvalue weighted by atomic mass is 9.97. The second kappa shape index (κ2) is 6.39. The minimum Gasteiger partial charge on any atom is -0.487 e. The van der Waals surface area contributed by atoms with E-state index in [2.05, 4.69) is 30.2 Å². The highest BCUT2D eigenvalue weighted by Crippen LogP contribution is 2.36. The molecule has 3 rings (SSSR count). The van der Waals surface area contributed by atoms with Crippen molar-refractivity contribution >= 4 is 5.91 Å². The lowest BCUT2D eigenvalue weighted by molar-refractivity contribution is 0.0934. The Morgan fingerprint density at radius 1 is 1.36 bits per heavy atom. The van der Waals surface area contributed by atoms with Gasteiger partial charge in [0.05, 0.1) is 6.04 Å². The molecule has 2 aromatic rings. The molecule has 5 nitrogen and oxygen atoms in total. The minimum atomic E-state index is -0.356. The van der Waals surface area contributed by atoms with Crippen LogP contribution in [0.4, 0.5) is 0 Å². The number of aromatic amines is 1. The van der Waals surface area contributed by atoms with Crippen molar-refractivity contribution in [3.63, 3.8) is 0 Å². The average molecular weight is 340 g/mol. The highest BCUT2D eigenvalue weighted by Gasteiger charge is 2.30. The predicted octanol–water partition coefficient (Wildman–Crippen LogP) is 3.28. The van der Waals surface area contributed by atoms with Crippen molar-refractivity contribution < 1.29 is 9.53 Å². The van der Waals surface area contributed by atoms with E-state index >= 15 is 0 Å². The van der Waals surface area contributed by atoms with Gasteiger partial charge in [0.1, 0.15) is 16.9 Å². The quantitative estimate of drug-likeness (QED) is 0.897. The van der Waals surface area contributed by atoms with E-state index in [9.17, 15) is 9.59 Å². The largest absolute Gasteiger partial charge is 0.487 e. The van der Waals surface area contributed by atoms with E-state index in [-0.39, 0.29) is 28.5 Å². The number of aryl methyl sites for hydroxylation is 1. The summed E-state index contributed by atoms with van der Waals surface area (Å²) in [5.74, 6) is 0.551. The molecular formula is C20H24N2O3. The first-order valence-corrected chi connectivity index (χ1v) is 8.61. The van der Waals surface area contributed by atoms with Crippen molar-refractivity contribution in [2.75, 3.05) is 0 Å². The number of carbonyl (C=O) groups excluding carboxylic acids is 1. The fourth-order valence-corrected chi connectivity index (χ4v) is 3.25. The van der Waals surface area contributed by atoms with Crippen LogP contribution in [0.1, 0.15) is 60.4 Å². The van der Waals surface area contributed by atoms with Gasteiger partial charge in [-0.15, -0.1) is 0 Å². The normalized spacial score (nSPS) is 16.0. The Labute approximate surface area is 147 Å². The minimum absolute atomic E-state index is 0.134. The SMILES string of the molecule is CCC(NC(=O)c1c[nH]c(C)cc1=O)c1ccc2c(c1)CC(C)(C)O2. The van der Waals surface area contributed by atoms with Crippen molar-refractivity contribution in [2.45, 2.75) is 52.2 Å². The fourth-order valence-electron chi connectivity index (χ4n) is 3.25. The molecule has 1 aliphatic rings. The number of pyridine rings is 1. The number of nitrogens with one attached hydrogen (secondary N) is 2. The highest BCUT2D eigenvalue weighted by atomic mass is 16.5. The second-order valence-electron chi connectivity index (χ2n) is 7.23. The van der Waals surface area contributed by atoms with Gasteiger partial charge in [-0.2, -0.15) is 0 Å². The van der Waals surface area contributed by atoms with Gasteiger partial charge in [-0.1, -0.05) is 13.0 Å². The Balaban J connectivity index is 1.82. The van der Waals surface area contributed by atoms with Gasteiger partial charge in [0.25, 0.3) is 5.91 Å². The maximum Gasteiger partial charge on any atom is 0.257 e. The van der Waals surface area contributed by atoms with Gasteiger partial charge in [0.2, 0.25) is 0 Å². The number of amides is 1. The van der Waals surface area contributed by atoms with Gasteiger partial charge < -0.3 is 15.0 Å². The van der Waals surface area contributed by atoms with Crippen LogP contribution in [0.5, 0.6) is 5.75 Å². The summed E-state index contributed by atoms with van der Waals surface area (Å²) in [4.78, 5) is 27.4. The Morgan fingerprint density at radius 2 is 2.12 bits per heavy atom. The second-order valence-corrected chi connectivity index (χ2v) is 7.23. The summed E-state index contributed by atoms with van der Waals surface area (Å²) in [7, 11) is 0. The van der Waals surface area contributed by atoms with Gasteiger partial charge in [0.15, 0.2) is 5.43 Å². The molecule has 1 atom stereocenters. The maximum atomic E-state index is 12.5. The van der Waals surface area contributed by atoms with Crippen LogP contribution < -0.4 is 15.5 Å². The number of rotatable bonds is 4. The molecule has 0 saturated heterocycles. The Morgan fingerprint density at radius 3 is 2.80 bits per heavy atom. The van der Waals surface area contributed by atoms with Crippen LogP contribution in [-0.2, 0) is 6.42 Å². The molecule has 1 aliphatic heterocycles. The number of ether oxygens (including phenoxy) is 1. The summed E-state index contributed by atoms with van der Waals surface area (Å²) >= 11 is 0. The molecule has 0 fully saturated rings. The Hall–Kier alpha value is -2.56. The highest BCUT2D eigenvalue weighted by molar-refractivity contribution is 5.94. The standard InChI is InChI=1S/C20H24N2O3/c1-5-16(22-19(24)15-11-21-12(2)8-17(15)23)13-6-7-18-14(9-13)10-20(3,4)25-18/h6-9,11,16H,5,10H2,1-4H3,(H,21,23)(H,22,24). The van der Waals surface area contributed by atoms with Gasteiger partial charge in [-0.3, -0.25) is 9.59 Å². The van der Waals surface area contributed by atoms with Crippen LogP contribution in [0.3, 0.4) is 0 Å². The molecule has 5 heteroatoms. The lowest BCUT2D eigenvalue weighted by Crippen LogP contribution is -2.32. The monoisotopic (exact) mass is 340 g/mol.